The van der Waals surface area contributed by atoms with Gasteiger partial charge in [-0.15, -0.1) is 5.10 Å². The highest BCUT2D eigenvalue weighted by atomic mass is 16.5. The van der Waals surface area contributed by atoms with Crippen LogP contribution >= 0.6 is 0 Å². The summed E-state index contributed by atoms with van der Waals surface area (Å²) in [7, 11) is 1.75. The average molecular weight is 399 g/mol. The summed E-state index contributed by atoms with van der Waals surface area (Å²) in [5, 5.41) is 11.7. The summed E-state index contributed by atoms with van der Waals surface area (Å²) in [5.74, 6) is 0.584. The Morgan fingerprint density at radius 3 is 2.93 bits per heavy atom. The third kappa shape index (κ3) is 3.52. The molecule has 0 bridgehead atoms. The molecule has 0 radical (unpaired) electrons. The topological polar surface area (TPSA) is 107 Å². The molecule has 154 valence electrons. The molecule has 2 aromatic rings. The van der Waals surface area contributed by atoms with E-state index in [0.717, 1.165) is 38.1 Å². The molecule has 2 fully saturated rings. The second-order valence-electron chi connectivity index (χ2n) is 8.01. The summed E-state index contributed by atoms with van der Waals surface area (Å²) in [6.07, 6.45) is 6.21. The first-order valence-electron chi connectivity index (χ1n) is 10.3. The van der Waals surface area contributed by atoms with Gasteiger partial charge in [-0.25, -0.2) is 14.3 Å². The standard InChI is InChI=1S/C19H25N7O3/c1-24-15-6-8-20-25(15)9-7-14(19(24)28)17-22-16(18(27)21-12-4-5-12)23-26(17)11-13-3-2-10-29-13/h6,8,12-14H,2-5,7,9-11H2,1H3,(H,21,27)/t13?,14-/m0/s1. The number of carbonyl (C=O) groups excluding carboxylic acids is 2. The number of nitrogens with zero attached hydrogens (tertiary/aromatic N) is 6. The van der Waals surface area contributed by atoms with Crippen LogP contribution in [0.15, 0.2) is 12.3 Å². The minimum atomic E-state index is -0.488. The SMILES string of the molecule is CN1C(=O)[C@H](c2nc(C(=O)NC3CC3)nn2CC2CCCO2)CCn2nccc21. The first kappa shape index (κ1) is 18.3. The lowest BCUT2D eigenvalue weighted by atomic mass is 10.0. The molecule has 0 spiro atoms. The highest BCUT2D eigenvalue weighted by Gasteiger charge is 2.35. The summed E-state index contributed by atoms with van der Waals surface area (Å²) in [5.41, 5.74) is 0. The highest BCUT2D eigenvalue weighted by Crippen LogP contribution is 2.29. The lowest BCUT2D eigenvalue weighted by molar-refractivity contribution is -0.120. The van der Waals surface area contributed by atoms with Gasteiger partial charge in [0, 0.05) is 32.3 Å². The van der Waals surface area contributed by atoms with Gasteiger partial charge in [0.05, 0.1) is 24.8 Å². The van der Waals surface area contributed by atoms with E-state index in [1.54, 1.807) is 22.8 Å². The van der Waals surface area contributed by atoms with E-state index in [0.29, 0.717) is 25.3 Å². The number of likely N-dealkylation sites (N-methyl/N-ethyl adjacent to an activating group) is 1. The minimum absolute atomic E-state index is 0.0313. The van der Waals surface area contributed by atoms with Gasteiger partial charge in [-0.3, -0.25) is 14.5 Å². The zero-order valence-electron chi connectivity index (χ0n) is 16.5. The molecule has 5 rings (SSSR count). The Morgan fingerprint density at radius 1 is 1.31 bits per heavy atom. The number of rotatable bonds is 5. The number of hydrogen-bond donors (Lipinski definition) is 1. The number of hydrogen-bond acceptors (Lipinski definition) is 6. The Balaban J connectivity index is 1.46. The quantitative estimate of drug-likeness (QED) is 0.793. The number of ether oxygens (including phenoxy) is 1. The Morgan fingerprint density at radius 2 is 2.17 bits per heavy atom. The van der Waals surface area contributed by atoms with Crippen LogP contribution in [0.1, 0.15) is 54.5 Å². The van der Waals surface area contributed by atoms with E-state index in [-0.39, 0.29) is 29.8 Å². The van der Waals surface area contributed by atoms with Gasteiger partial charge in [0.15, 0.2) is 0 Å². The van der Waals surface area contributed by atoms with Crippen molar-refractivity contribution in [1.29, 1.82) is 0 Å². The molecule has 2 aromatic heterocycles. The monoisotopic (exact) mass is 399 g/mol. The lowest BCUT2D eigenvalue weighted by Gasteiger charge is -2.20. The van der Waals surface area contributed by atoms with Crippen LogP contribution in [-0.4, -0.2) is 62.2 Å². The van der Waals surface area contributed by atoms with Crippen molar-refractivity contribution >= 4 is 17.6 Å². The fourth-order valence-corrected chi connectivity index (χ4v) is 4.05. The Hall–Kier alpha value is -2.75. The van der Waals surface area contributed by atoms with Crippen molar-refractivity contribution < 1.29 is 14.3 Å². The molecule has 1 aliphatic carbocycles. The fraction of sp³-hybridized carbons (Fsp3) is 0.632. The third-order valence-electron chi connectivity index (χ3n) is 5.82. The molecule has 29 heavy (non-hydrogen) atoms. The Labute approximate surface area is 168 Å². The average Bonchev–Trinajstić information content (AvgIpc) is 3.13. The molecule has 3 aliphatic rings. The largest absolute Gasteiger partial charge is 0.376 e. The molecule has 2 aliphatic heterocycles. The van der Waals surface area contributed by atoms with Gasteiger partial charge < -0.3 is 10.1 Å². The van der Waals surface area contributed by atoms with Crippen LogP contribution in [0.3, 0.4) is 0 Å². The second-order valence-corrected chi connectivity index (χ2v) is 8.01. The number of carbonyl (C=O) groups is 2. The second kappa shape index (κ2) is 7.25. The number of amides is 2. The summed E-state index contributed by atoms with van der Waals surface area (Å²) >= 11 is 0. The number of nitrogens with one attached hydrogen (secondary N) is 1. The molecule has 10 nitrogen and oxygen atoms in total. The first-order chi connectivity index (χ1) is 14.1. The fourth-order valence-electron chi connectivity index (χ4n) is 4.05. The predicted octanol–water partition coefficient (Wildman–Crippen LogP) is 0.696. The molecule has 1 unspecified atom stereocenters. The molecule has 1 saturated carbocycles. The zero-order valence-corrected chi connectivity index (χ0v) is 16.5. The van der Waals surface area contributed by atoms with Crippen LogP contribution in [0.4, 0.5) is 5.82 Å². The van der Waals surface area contributed by atoms with Gasteiger partial charge in [0.25, 0.3) is 5.91 Å². The first-order valence-corrected chi connectivity index (χ1v) is 10.3. The van der Waals surface area contributed by atoms with E-state index < -0.39 is 5.92 Å². The van der Waals surface area contributed by atoms with Gasteiger partial charge in [0.2, 0.25) is 11.7 Å². The van der Waals surface area contributed by atoms with Crippen molar-refractivity contribution in [3.8, 4) is 0 Å². The number of aromatic nitrogens is 5. The van der Waals surface area contributed by atoms with Gasteiger partial charge >= 0.3 is 0 Å². The molecule has 1 saturated heterocycles. The molecular formula is C19H25N7O3. The summed E-state index contributed by atoms with van der Waals surface area (Å²) in [6, 6.07) is 2.05. The molecule has 4 heterocycles. The van der Waals surface area contributed by atoms with Crippen molar-refractivity contribution in [2.45, 2.75) is 63.3 Å². The normalized spacial score (nSPS) is 24.4. The Bertz CT molecular complexity index is 926. The van der Waals surface area contributed by atoms with Crippen molar-refractivity contribution in [1.82, 2.24) is 29.9 Å². The van der Waals surface area contributed by atoms with E-state index in [4.69, 9.17) is 4.74 Å². The maximum absolute atomic E-state index is 13.2. The maximum atomic E-state index is 13.2. The van der Waals surface area contributed by atoms with Crippen LogP contribution in [0, 0.1) is 0 Å². The van der Waals surface area contributed by atoms with E-state index in [1.165, 1.54) is 0 Å². The smallest absolute Gasteiger partial charge is 0.291 e. The van der Waals surface area contributed by atoms with E-state index in [2.05, 4.69) is 20.5 Å². The minimum Gasteiger partial charge on any atom is -0.376 e. The predicted molar refractivity (Wildman–Crippen MR) is 102 cm³/mol. The number of aryl methyl sites for hydroxylation is 1. The van der Waals surface area contributed by atoms with Crippen molar-refractivity contribution in [2.75, 3.05) is 18.6 Å². The molecule has 2 atom stereocenters. The summed E-state index contributed by atoms with van der Waals surface area (Å²) < 4.78 is 9.29. The summed E-state index contributed by atoms with van der Waals surface area (Å²) in [4.78, 5) is 31.9. The van der Waals surface area contributed by atoms with Crippen molar-refractivity contribution in [3.05, 3.63) is 23.9 Å². The van der Waals surface area contributed by atoms with Gasteiger partial charge in [-0.05, 0) is 32.1 Å². The van der Waals surface area contributed by atoms with Gasteiger partial charge in [0.1, 0.15) is 11.6 Å². The summed E-state index contributed by atoms with van der Waals surface area (Å²) in [6.45, 7) is 1.83. The van der Waals surface area contributed by atoms with Crippen LogP contribution in [0.5, 0.6) is 0 Å². The van der Waals surface area contributed by atoms with E-state index in [9.17, 15) is 9.59 Å². The van der Waals surface area contributed by atoms with Gasteiger partial charge in [-0.1, -0.05) is 0 Å². The molecule has 0 aromatic carbocycles. The molecule has 1 N–H and O–H groups in total. The molecule has 10 heteroatoms. The van der Waals surface area contributed by atoms with Crippen LogP contribution < -0.4 is 10.2 Å². The zero-order chi connectivity index (χ0) is 20.0. The van der Waals surface area contributed by atoms with Crippen LogP contribution in [0.25, 0.3) is 0 Å². The highest BCUT2D eigenvalue weighted by molar-refractivity contribution is 5.97. The Kier molecular flexibility index (Phi) is 4.57. The van der Waals surface area contributed by atoms with E-state index >= 15 is 0 Å². The van der Waals surface area contributed by atoms with E-state index in [1.807, 2.05) is 10.7 Å². The maximum Gasteiger partial charge on any atom is 0.291 e. The number of anilines is 1. The van der Waals surface area contributed by atoms with Gasteiger partial charge in [-0.2, -0.15) is 5.10 Å². The lowest BCUT2D eigenvalue weighted by Crippen LogP contribution is -2.33. The third-order valence-corrected chi connectivity index (χ3v) is 5.82. The molecule has 2 amide bonds. The van der Waals surface area contributed by atoms with Crippen molar-refractivity contribution in [3.63, 3.8) is 0 Å². The van der Waals surface area contributed by atoms with Crippen LogP contribution in [-0.2, 0) is 22.6 Å². The molecular weight excluding hydrogens is 374 g/mol. The van der Waals surface area contributed by atoms with Crippen molar-refractivity contribution in [2.24, 2.45) is 0 Å². The number of fused-ring (bicyclic) bond motifs is 1. The van der Waals surface area contributed by atoms with Crippen LogP contribution in [0.2, 0.25) is 0 Å².